The van der Waals surface area contributed by atoms with Crippen molar-refractivity contribution >= 4 is 23.3 Å². The van der Waals surface area contributed by atoms with Crippen LogP contribution in [0, 0.1) is 0 Å². The normalized spacial score (nSPS) is 14.5. The van der Waals surface area contributed by atoms with E-state index in [1.54, 1.807) is 30.5 Å². The van der Waals surface area contributed by atoms with Crippen LogP contribution in [0.25, 0.3) is 0 Å². The molecule has 6 heteroatoms. The second-order valence-electron chi connectivity index (χ2n) is 3.60. The first-order valence-corrected chi connectivity index (χ1v) is 7.05. The molecule has 2 unspecified atom stereocenters. The molecule has 2 atom stereocenters. The molecule has 2 rings (SSSR count). The van der Waals surface area contributed by atoms with Gasteiger partial charge in [0.05, 0.1) is 5.25 Å². The van der Waals surface area contributed by atoms with E-state index in [0.29, 0.717) is 0 Å². The maximum Gasteiger partial charge on any atom is 0.170 e. The Labute approximate surface area is 109 Å². The zero-order valence-electron chi connectivity index (χ0n) is 9.48. The van der Waals surface area contributed by atoms with Crippen LogP contribution >= 0.6 is 23.3 Å². The molecule has 0 aromatic carbocycles. The molecule has 0 bridgehead atoms. The van der Waals surface area contributed by atoms with Crippen molar-refractivity contribution in [1.82, 2.24) is 14.3 Å². The van der Waals surface area contributed by atoms with E-state index in [2.05, 4.69) is 21.3 Å². The maximum atomic E-state index is 6.18. The van der Waals surface area contributed by atoms with Crippen LogP contribution in [-0.2, 0) is 0 Å². The molecule has 2 aromatic rings. The first-order chi connectivity index (χ1) is 8.31. The molecule has 0 amide bonds. The summed E-state index contributed by atoms with van der Waals surface area (Å²) in [5, 5.41) is 0.205. The average molecular weight is 266 g/mol. The quantitative estimate of drug-likeness (QED) is 0.842. The molecule has 0 saturated heterocycles. The van der Waals surface area contributed by atoms with E-state index in [1.165, 1.54) is 17.1 Å². The third-order valence-electron chi connectivity index (χ3n) is 2.46. The van der Waals surface area contributed by atoms with Gasteiger partial charge >= 0.3 is 0 Å². The monoisotopic (exact) mass is 266 g/mol. The Morgan fingerprint density at radius 3 is 2.76 bits per heavy atom. The van der Waals surface area contributed by atoms with Gasteiger partial charge in [0.25, 0.3) is 0 Å². The summed E-state index contributed by atoms with van der Waals surface area (Å²) in [5.41, 5.74) is 7.37. The van der Waals surface area contributed by atoms with Gasteiger partial charge in [0.15, 0.2) is 4.34 Å². The Hall–Kier alpha value is -0.980. The van der Waals surface area contributed by atoms with Crippen LogP contribution in [0.2, 0.25) is 0 Å². The third kappa shape index (κ3) is 3.24. The lowest BCUT2D eigenvalue weighted by molar-refractivity contribution is 0.633. The third-order valence-corrected chi connectivity index (χ3v) is 4.62. The van der Waals surface area contributed by atoms with Crippen LogP contribution in [0.3, 0.4) is 0 Å². The SMILES string of the molecule is CCC(N)C(Sc1ncns1)c1ccncc1. The molecule has 17 heavy (non-hydrogen) atoms. The molecule has 0 fully saturated rings. The van der Waals surface area contributed by atoms with E-state index >= 15 is 0 Å². The smallest absolute Gasteiger partial charge is 0.170 e. The Bertz CT molecular complexity index is 432. The zero-order valence-corrected chi connectivity index (χ0v) is 11.1. The van der Waals surface area contributed by atoms with Gasteiger partial charge in [-0.2, -0.15) is 4.37 Å². The lowest BCUT2D eigenvalue weighted by Crippen LogP contribution is -2.25. The van der Waals surface area contributed by atoms with Gasteiger partial charge in [0.2, 0.25) is 0 Å². The summed E-state index contributed by atoms with van der Waals surface area (Å²) in [5.74, 6) is 0. The van der Waals surface area contributed by atoms with Crippen molar-refractivity contribution < 1.29 is 0 Å². The first kappa shape index (κ1) is 12.5. The van der Waals surface area contributed by atoms with Crippen LogP contribution in [0.1, 0.15) is 24.2 Å². The number of pyridine rings is 1. The van der Waals surface area contributed by atoms with Gasteiger partial charge in [-0.25, -0.2) is 4.98 Å². The summed E-state index contributed by atoms with van der Waals surface area (Å²) >= 11 is 3.08. The number of nitrogens with zero attached hydrogens (tertiary/aromatic N) is 3. The van der Waals surface area contributed by atoms with Gasteiger partial charge in [-0.1, -0.05) is 18.7 Å². The van der Waals surface area contributed by atoms with Gasteiger partial charge in [-0.15, -0.1) is 0 Å². The zero-order chi connectivity index (χ0) is 12.1. The van der Waals surface area contributed by atoms with Crippen LogP contribution in [0.4, 0.5) is 0 Å². The molecular weight excluding hydrogens is 252 g/mol. The maximum absolute atomic E-state index is 6.18. The number of rotatable bonds is 5. The Balaban J connectivity index is 2.20. The van der Waals surface area contributed by atoms with Crippen molar-refractivity contribution in [2.24, 2.45) is 5.73 Å². The number of thioether (sulfide) groups is 1. The first-order valence-electron chi connectivity index (χ1n) is 5.40. The largest absolute Gasteiger partial charge is 0.326 e. The fourth-order valence-corrected chi connectivity index (χ4v) is 3.37. The summed E-state index contributed by atoms with van der Waals surface area (Å²) in [4.78, 5) is 8.23. The molecule has 4 nitrogen and oxygen atoms in total. The molecule has 90 valence electrons. The van der Waals surface area contributed by atoms with E-state index in [4.69, 9.17) is 5.73 Å². The molecule has 2 heterocycles. The second-order valence-corrected chi connectivity index (χ2v) is 5.77. The summed E-state index contributed by atoms with van der Waals surface area (Å²) in [6.45, 7) is 2.10. The second kappa shape index (κ2) is 6.09. The van der Waals surface area contributed by atoms with E-state index in [-0.39, 0.29) is 11.3 Å². The highest BCUT2D eigenvalue weighted by Gasteiger charge is 2.21. The molecule has 0 spiro atoms. The number of aromatic nitrogens is 3. The van der Waals surface area contributed by atoms with E-state index in [1.807, 2.05) is 12.1 Å². The summed E-state index contributed by atoms with van der Waals surface area (Å²) in [7, 11) is 0. The lowest BCUT2D eigenvalue weighted by Gasteiger charge is -2.21. The van der Waals surface area contributed by atoms with E-state index < -0.39 is 0 Å². The summed E-state index contributed by atoms with van der Waals surface area (Å²) in [6.07, 6.45) is 6.10. The molecule has 0 aliphatic heterocycles. The molecule has 0 aliphatic carbocycles. The Kier molecular flexibility index (Phi) is 4.47. The molecule has 2 N–H and O–H groups in total. The van der Waals surface area contributed by atoms with Crippen molar-refractivity contribution in [3.8, 4) is 0 Å². The lowest BCUT2D eigenvalue weighted by atomic mass is 10.1. The van der Waals surface area contributed by atoms with Crippen molar-refractivity contribution in [1.29, 1.82) is 0 Å². The molecule has 0 aliphatic rings. The van der Waals surface area contributed by atoms with Gasteiger partial charge < -0.3 is 5.73 Å². The Morgan fingerprint density at radius 2 is 2.18 bits per heavy atom. The van der Waals surface area contributed by atoms with Crippen molar-refractivity contribution in [2.75, 3.05) is 0 Å². The standard InChI is InChI=1S/C11H14N4S2/c1-2-9(12)10(8-3-5-13-6-4-8)16-11-14-7-15-17-11/h3-7,9-10H,2,12H2,1H3. The predicted molar refractivity (Wildman–Crippen MR) is 71.0 cm³/mol. The van der Waals surface area contributed by atoms with Crippen LogP contribution in [-0.4, -0.2) is 20.4 Å². The topological polar surface area (TPSA) is 64.7 Å². The van der Waals surface area contributed by atoms with Crippen molar-refractivity contribution in [3.63, 3.8) is 0 Å². The fourth-order valence-electron chi connectivity index (χ4n) is 1.49. The highest BCUT2D eigenvalue weighted by Crippen LogP contribution is 2.38. The van der Waals surface area contributed by atoms with Crippen LogP contribution in [0.15, 0.2) is 35.2 Å². The minimum atomic E-state index is 0.103. The van der Waals surface area contributed by atoms with Crippen molar-refractivity contribution in [3.05, 3.63) is 36.4 Å². The average Bonchev–Trinajstić information content (AvgIpc) is 2.89. The van der Waals surface area contributed by atoms with Crippen molar-refractivity contribution in [2.45, 2.75) is 29.0 Å². The molecule has 0 saturated carbocycles. The van der Waals surface area contributed by atoms with Gasteiger partial charge in [-0.3, -0.25) is 4.98 Å². The Morgan fingerprint density at radius 1 is 1.41 bits per heavy atom. The molecule has 2 aromatic heterocycles. The summed E-state index contributed by atoms with van der Waals surface area (Å²) in [6, 6.07) is 4.12. The van der Waals surface area contributed by atoms with E-state index in [0.717, 1.165) is 10.8 Å². The highest BCUT2D eigenvalue weighted by atomic mass is 32.2. The predicted octanol–water partition coefficient (Wildman–Crippen LogP) is 2.50. The van der Waals surface area contributed by atoms with Gasteiger partial charge in [-0.05, 0) is 35.6 Å². The highest BCUT2D eigenvalue weighted by molar-refractivity contribution is 8.01. The summed E-state index contributed by atoms with van der Waals surface area (Å²) < 4.78 is 4.96. The number of hydrogen-bond acceptors (Lipinski definition) is 6. The van der Waals surface area contributed by atoms with Crippen LogP contribution < -0.4 is 5.73 Å². The van der Waals surface area contributed by atoms with E-state index in [9.17, 15) is 0 Å². The molecular formula is C11H14N4S2. The number of nitrogens with two attached hydrogens (primary N) is 1. The molecule has 0 radical (unpaired) electrons. The fraction of sp³-hybridized carbons (Fsp3) is 0.364. The van der Waals surface area contributed by atoms with Gasteiger partial charge in [0.1, 0.15) is 6.33 Å². The minimum Gasteiger partial charge on any atom is -0.326 e. The van der Waals surface area contributed by atoms with Crippen LogP contribution in [0.5, 0.6) is 0 Å². The minimum absolute atomic E-state index is 0.103. The van der Waals surface area contributed by atoms with Gasteiger partial charge in [0, 0.05) is 18.4 Å². The number of hydrogen-bond donors (Lipinski definition) is 1.